The van der Waals surface area contributed by atoms with Crippen LogP contribution >= 0.6 is 35.6 Å². The van der Waals surface area contributed by atoms with Crippen LogP contribution in [0.25, 0.3) is 0 Å². The van der Waals surface area contributed by atoms with Crippen LogP contribution in [0.1, 0.15) is 25.5 Å². The fourth-order valence-corrected chi connectivity index (χ4v) is 2.12. The number of guanidine groups is 1. The largest absolute Gasteiger partial charge is 0.380 e. The number of halogens is 2. The fraction of sp³-hybridized carbons (Fsp3) is 0.562. The van der Waals surface area contributed by atoms with Gasteiger partial charge >= 0.3 is 0 Å². The molecule has 7 heteroatoms. The quantitative estimate of drug-likeness (QED) is 0.260. The molecular formula is C16H27ClIN3O2. The Bertz CT molecular complexity index is 461. The van der Waals surface area contributed by atoms with Gasteiger partial charge in [0.05, 0.1) is 13.2 Å². The van der Waals surface area contributed by atoms with Gasteiger partial charge in [-0.15, -0.1) is 24.0 Å². The van der Waals surface area contributed by atoms with Crippen molar-refractivity contribution < 1.29 is 9.47 Å². The van der Waals surface area contributed by atoms with E-state index in [0.717, 1.165) is 24.7 Å². The maximum Gasteiger partial charge on any atom is 0.191 e. The van der Waals surface area contributed by atoms with Crippen LogP contribution in [0.5, 0.6) is 0 Å². The summed E-state index contributed by atoms with van der Waals surface area (Å²) in [6.45, 7) is 7.42. The summed E-state index contributed by atoms with van der Waals surface area (Å²) < 4.78 is 10.8. The summed E-state index contributed by atoms with van der Waals surface area (Å²) in [7, 11) is 1.68. The van der Waals surface area contributed by atoms with Gasteiger partial charge in [0.1, 0.15) is 6.10 Å². The lowest BCUT2D eigenvalue weighted by atomic mass is 10.1. The van der Waals surface area contributed by atoms with Gasteiger partial charge < -0.3 is 20.1 Å². The molecular weight excluding hydrogens is 429 g/mol. The Kier molecular flexibility index (Phi) is 13.5. The number of benzene rings is 1. The maximum absolute atomic E-state index is 6.03. The Labute approximate surface area is 161 Å². The molecule has 0 aliphatic heterocycles. The molecule has 1 aromatic carbocycles. The molecule has 1 unspecified atom stereocenters. The van der Waals surface area contributed by atoms with Crippen LogP contribution < -0.4 is 10.6 Å². The van der Waals surface area contributed by atoms with Crippen molar-refractivity contribution in [3.8, 4) is 0 Å². The lowest BCUT2D eigenvalue weighted by molar-refractivity contribution is 0.111. The van der Waals surface area contributed by atoms with Crippen molar-refractivity contribution in [1.29, 1.82) is 0 Å². The average molecular weight is 456 g/mol. The standard InChI is InChI=1S/C16H26ClN3O2.HI/c1-4-18-16(19-9-10-22-5-2)20-12-15(21-3)13-7-6-8-14(17)11-13;/h6-8,11,15H,4-5,9-10,12H2,1-3H3,(H2,18,19,20);1H. The topological polar surface area (TPSA) is 54.9 Å². The molecule has 23 heavy (non-hydrogen) atoms. The summed E-state index contributed by atoms with van der Waals surface area (Å²) in [5, 5.41) is 7.13. The molecule has 2 N–H and O–H groups in total. The number of nitrogens with zero attached hydrogens (tertiary/aromatic N) is 1. The first-order valence-electron chi connectivity index (χ1n) is 7.59. The predicted molar refractivity (Wildman–Crippen MR) is 107 cm³/mol. The van der Waals surface area contributed by atoms with Crippen LogP contribution in [0, 0.1) is 0 Å². The predicted octanol–water partition coefficient (Wildman–Crippen LogP) is 3.24. The monoisotopic (exact) mass is 455 g/mol. The van der Waals surface area contributed by atoms with E-state index in [1.165, 1.54) is 0 Å². The van der Waals surface area contributed by atoms with Crippen LogP contribution in [0.4, 0.5) is 0 Å². The molecule has 0 fully saturated rings. The first-order chi connectivity index (χ1) is 10.7. The molecule has 0 amide bonds. The van der Waals surface area contributed by atoms with Gasteiger partial charge in [-0.25, -0.2) is 0 Å². The van der Waals surface area contributed by atoms with Crippen LogP contribution in [-0.4, -0.2) is 45.9 Å². The van der Waals surface area contributed by atoms with Gasteiger partial charge in [-0.2, -0.15) is 0 Å². The molecule has 0 saturated heterocycles. The van der Waals surface area contributed by atoms with E-state index >= 15 is 0 Å². The molecule has 1 aromatic rings. The zero-order valence-electron chi connectivity index (χ0n) is 14.0. The highest BCUT2D eigenvalue weighted by Gasteiger charge is 2.10. The van der Waals surface area contributed by atoms with Crippen molar-refractivity contribution in [3.63, 3.8) is 0 Å². The van der Waals surface area contributed by atoms with Crippen LogP contribution in [0.15, 0.2) is 29.3 Å². The third kappa shape index (κ3) is 9.34. The summed E-state index contributed by atoms with van der Waals surface area (Å²) in [4.78, 5) is 4.56. The zero-order chi connectivity index (χ0) is 16.2. The number of methoxy groups -OCH3 is 1. The Morgan fingerprint density at radius 2 is 2.09 bits per heavy atom. The van der Waals surface area contributed by atoms with E-state index in [-0.39, 0.29) is 30.1 Å². The van der Waals surface area contributed by atoms with E-state index in [9.17, 15) is 0 Å². The molecule has 0 radical (unpaired) electrons. The Morgan fingerprint density at radius 1 is 1.30 bits per heavy atom. The van der Waals surface area contributed by atoms with Crippen molar-refractivity contribution in [2.75, 3.05) is 40.0 Å². The molecule has 0 aliphatic carbocycles. The van der Waals surface area contributed by atoms with Gasteiger partial charge in [0.2, 0.25) is 0 Å². The van der Waals surface area contributed by atoms with E-state index in [1.807, 2.05) is 38.1 Å². The minimum atomic E-state index is -0.124. The van der Waals surface area contributed by atoms with Gasteiger partial charge in [-0.1, -0.05) is 23.7 Å². The van der Waals surface area contributed by atoms with E-state index < -0.39 is 0 Å². The molecule has 0 bridgehead atoms. The molecule has 1 rings (SSSR count). The summed E-state index contributed by atoms with van der Waals surface area (Å²) in [5.74, 6) is 0.756. The van der Waals surface area contributed by atoms with Crippen LogP contribution in [0.2, 0.25) is 5.02 Å². The second-order valence-corrected chi connectivity index (χ2v) is 5.06. The molecule has 0 aliphatic rings. The average Bonchev–Trinajstić information content (AvgIpc) is 2.52. The molecule has 1 atom stereocenters. The van der Waals surface area contributed by atoms with Crippen molar-refractivity contribution >= 4 is 41.5 Å². The van der Waals surface area contributed by atoms with Crippen molar-refractivity contribution in [3.05, 3.63) is 34.9 Å². The number of aliphatic imine (C=N–C) groups is 1. The number of hydrogen-bond donors (Lipinski definition) is 2. The minimum absolute atomic E-state index is 0. The van der Waals surface area contributed by atoms with Crippen molar-refractivity contribution in [1.82, 2.24) is 10.6 Å². The van der Waals surface area contributed by atoms with Crippen molar-refractivity contribution in [2.24, 2.45) is 4.99 Å². The zero-order valence-corrected chi connectivity index (χ0v) is 17.1. The van der Waals surface area contributed by atoms with E-state index in [4.69, 9.17) is 21.1 Å². The van der Waals surface area contributed by atoms with Gasteiger partial charge in [0.15, 0.2) is 5.96 Å². The minimum Gasteiger partial charge on any atom is -0.380 e. The first kappa shape index (κ1) is 22.4. The van der Waals surface area contributed by atoms with Gasteiger partial charge in [-0.05, 0) is 31.5 Å². The van der Waals surface area contributed by atoms with Gasteiger partial charge in [0, 0.05) is 31.8 Å². The molecule has 0 heterocycles. The highest BCUT2D eigenvalue weighted by atomic mass is 127. The van der Waals surface area contributed by atoms with Gasteiger partial charge in [-0.3, -0.25) is 4.99 Å². The highest BCUT2D eigenvalue weighted by Crippen LogP contribution is 2.20. The van der Waals surface area contributed by atoms with Crippen molar-refractivity contribution in [2.45, 2.75) is 20.0 Å². The smallest absolute Gasteiger partial charge is 0.191 e. The second-order valence-electron chi connectivity index (χ2n) is 4.62. The fourth-order valence-electron chi connectivity index (χ4n) is 1.92. The third-order valence-corrected chi connectivity index (χ3v) is 3.24. The molecule has 5 nitrogen and oxygen atoms in total. The molecule has 0 spiro atoms. The Balaban J connectivity index is 0.00000484. The SMILES string of the molecule is CCNC(=NCC(OC)c1cccc(Cl)c1)NCCOCC.I. The molecule has 0 saturated carbocycles. The Hall–Kier alpha value is -0.570. The Morgan fingerprint density at radius 3 is 2.70 bits per heavy atom. The van der Waals surface area contributed by atoms with E-state index in [0.29, 0.717) is 24.7 Å². The lowest BCUT2D eigenvalue weighted by Gasteiger charge is -2.16. The van der Waals surface area contributed by atoms with Crippen LogP contribution in [0.3, 0.4) is 0 Å². The summed E-state index contributed by atoms with van der Waals surface area (Å²) in [6, 6.07) is 7.66. The van der Waals surface area contributed by atoms with E-state index in [1.54, 1.807) is 7.11 Å². The summed E-state index contributed by atoms with van der Waals surface area (Å²) >= 11 is 6.03. The number of nitrogens with one attached hydrogen (secondary N) is 2. The molecule has 132 valence electrons. The number of rotatable bonds is 9. The molecule has 0 aromatic heterocycles. The van der Waals surface area contributed by atoms with Gasteiger partial charge in [0.25, 0.3) is 0 Å². The highest BCUT2D eigenvalue weighted by molar-refractivity contribution is 14.0. The first-order valence-corrected chi connectivity index (χ1v) is 7.97. The number of ether oxygens (including phenoxy) is 2. The summed E-state index contributed by atoms with van der Waals surface area (Å²) in [6.07, 6.45) is -0.124. The summed E-state index contributed by atoms with van der Waals surface area (Å²) in [5.41, 5.74) is 1.02. The number of hydrogen-bond acceptors (Lipinski definition) is 3. The normalized spacial score (nSPS) is 12.4. The lowest BCUT2D eigenvalue weighted by Crippen LogP contribution is -2.39. The second kappa shape index (κ2) is 13.8. The van der Waals surface area contributed by atoms with Crippen LogP contribution in [-0.2, 0) is 9.47 Å². The third-order valence-electron chi connectivity index (χ3n) is 3.01. The van der Waals surface area contributed by atoms with E-state index in [2.05, 4.69) is 15.6 Å². The maximum atomic E-state index is 6.03.